The van der Waals surface area contributed by atoms with Gasteiger partial charge < -0.3 is 9.42 Å². The monoisotopic (exact) mass is 308 g/mol. The van der Waals surface area contributed by atoms with Crippen LogP contribution >= 0.6 is 11.6 Å². The molecule has 0 bridgehead atoms. The Labute approximate surface area is 127 Å². The number of H-pyrrole nitrogens is 1. The third-order valence-corrected chi connectivity index (χ3v) is 4.30. The maximum atomic E-state index is 12.5. The number of nitrogens with zero attached hydrogens (tertiary/aromatic N) is 3. The standard InChI is InChI=1S/C14H17ClN4O2/c1-9-11(14(15)21-18-9)7-13(20)19-6-2-3-10(8-19)12-4-5-16-17-12/h4-5,10H,2-3,6-8H2,1H3,(H,16,17)/t10-/m0/s1. The van der Waals surface area contributed by atoms with Crippen molar-refractivity contribution in [3.05, 3.63) is 34.4 Å². The van der Waals surface area contributed by atoms with Crippen molar-refractivity contribution in [1.29, 1.82) is 0 Å². The van der Waals surface area contributed by atoms with Gasteiger partial charge in [-0.25, -0.2) is 0 Å². The number of hydrogen-bond donors (Lipinski definition) is 1. The fourth-order valence-corrected chi connectivity index (χ4v) is 3.01. The fraction of sp³-hybridized carbons (Fsp3) is 0.500. The van der Waals surface area contributed by atoms with Crippen molar-refractivity contribution in [3.63, 3.8) is 0 Å². The number of carbonyl (C=O) groups excluding carboxylic acids is 1. The Morgan fingerprint density at radius 3 is 3.14 bits per heavy atom. The zero-order chi connectivity index (χ0) is 14.8. The summed E-state index contributed by atoms with van der Waals surface area (Å²) < 4.78 is 4.89. The molecule has 7 heteroatoms. The number of aromatic amines is 1. The van der Waals surface area contributed by atoms with E-state index in [1.54, 1.807) is 13.1 Å². The Bertz CT molecular complexity index is 603. The molecule has 2 aromatic rings. The van der Waals surface area contributed by atoms with Gasteiger partial charge in [-0.1, -0.05) is 5.16 Å². The number of rotatable bonds is 3. The molecule has 6 nitrogen and oxygen atoms in total. The van der Waals surface area contributed by atoms with E-state index in [9.17, 15) is 4.79 Å². The van der Waals surface area contributed by atoms with Gasteiger partial charge in [0.05, 0.1) is 12.1 Å². The van der Waals surface area contributed by atoms with E-state index in [1.807, 2.05) is 11.0 Å². The van der Waals surface area contributed by atoms with E-state index in [4.69, 9.17) is 16.1 Å². The van der Waals surface area contributed by atoms with Crippen LogP contribution in [0.2, 0.25) is 5.22 Å². The molecule has 0 radical (unpaired) electrons. The van der Waals surface area contributed by atoms with Crippen LogP contribution in [0.1, 0.15) is 35.7 Å². The smallest absolute Gasteiger partial charge is 0.229 e. The van der Waals surface area contributed by atoms with Crippen molar-refractivity contribution in [2.24, 2.45) is 0 Å². The van der Waals surface area contributed by atoms with Crippen LogP contribution in [0.3, 0.4) is 0 Å². The first-order valence-electron chi connectivity index (χ1n) is 7.03. The van der Waals surface area contributed by atoms with E-state index in [0.717, 1.165) is 25.1 Å². The summed E-state index contributed by atoms with van der Waals surface area (Å²) in [7, 11) is 0. The molecule has 0 spiro atoms. The molecule has 0 aromatic carbocycles. The van der Waals surface area contributed by atoms with Crippen LogP contribution in [0, 0.1) is 6.92 Å². The summed E-state index contributed by atoms with van der Waals surface area (Å²) in [6.45, 7) is 3.29. The molecule has 0 aliphatic carbocycles. The first-order chi connectivity index (χ1) is 10.1. The van der Waals surface area contributed by atoms with Crippen LogP contribution in [-0.2, 0) is 11.2 Å². The quantitative estimate of drug-likeness (QED) is 0.944. The molecular weight excluding hydrogens is 292 g/mol. The van der Waals surface area contributed by atoms with Crippen LogP contribution in [0.4, 0.5) is 0 Å². The van der Waals surface area contributed by atoms with Crippen molar-refractivity contribution in [3.8, 4) is 0 Å². The molecule has 1 saturated heterocycles. The van der Waals surface area contributed by atoms with Crippen LogP contribution < -0.4 is 0 Å². The Morgan fingerprint density at radius 2 is 2.48 bits per heavy atom. The predicted molar refractivity (Wildman–Crippen MR) is 77.1 cm³/mol. The highest BCUT2D eigenvalue weighted by Gasteiger charge is 2.27. The molecule has 0 unspecified atom stereocenters. The fourth-order valence-electron chi connectivity index (χ4n) is 2.77. The largest absolute Gasteiger partial charge is 0.344 e. The number of aromatic nitrogens is 3. The first-order valence-corrected chi connectivity index (χ1v) is 7.40. The minimum atomic E-state index is 0.0624. The molecule has 1 atom stereocenters. The van der Waals surface area contributed by atoms with E-state index >= 15 is 0 Å². The molecule has 3 heterocycles. The van der Waals surface area contributed by atoms with Crippen molar-refractivity contribution in [1.82, 2.24) is 20.3 Å². The third kappa shape index (κ3) is 2.95. The molecule has 1 aliphatic heterocycles. The number of piperidine rings is 1. The molecule has 3 rings (SSSR count). The molecule has 112 valence electrons. The average Bonchev–Trinajstić information content (AvgIpc) is 3.13. The third-order valence-electron chi connectivity index (χ3n) is 4.00. The van der Waals surface area contributed by atoms with Gasteiger partial charge >= 0.3 is 0 Å². The lowest BCUT2D eigenvalue weighted by Crippen LogP contribution is -2.40. The number of likely N-dealkylation sites (tertiary alicyclic amines) is 1. The van der Waals surface area contributed by atoms with Gasteiger partial charge in [0.2, 0.25) is 11.1 Å². The highest BCUT2D eigenvalue weighted by molar-refractivity contribution is 6.29. The van der Waals surface area contributed by atoms with E-state index in [1.165, 1.54) is 0 Å². The molecule has 21 heavy (non-hydrogen) atoms. The van der Waals surface area contributed by atoms with Crippen LogP contribution in [0.15, 0.2) is 16.8 Å². The molecule has 2 aromatic heterocycles. The minimum Gasteiger partial charge on any atom is -0.344 e. The zero-order valence-corrected chi connectivity index (χ0v) is 12.6. The van der Waals surface area contributed by atoms with Gasteiger partial charge in [0.1, 0.15) is 0 Å². The number of nitrogens with one attached hydrogen (secondary N) is 1. The second kappa shape index (κ2) is 5.89. The maximum absolute atomic E-state index is 12.5. The average molecular weight is 309 g/mol. The lowest BCUT2D eigenvalue weighted by Gasteiger charge is -2.32. The normalized spacial score (nSPS) is 19.0. The van der Waals surface area contributed by atoms with Gasteiger partial charge in [0.15, 0.2) is 0 Å². The Balaban J connectivity index is 1.67. The molecular formula is C14H17ClN4O2. The van der Waals surface area contributed by atoms with Crippen LogP contribution in [0.5, 0.6) is 0 Å². The molecule has 1 fully saturated rings. The highest BCUT2D eigenvalue weighted by Crippen LogP contribution is 2.26. The Morgan fingerprint density at radius 1 is 1.62 bits per heavy atom. The minimum absolute atomic E-state index is 0.0624. The topological polar surface area (TPSA) is 75.0 Å². The first kappa shape index (κ1) is 14.1. The van der Waals surface area contributed by atoms with E-state index in [0.29, 0.717) is 23.7 Å². The molecule has 1 amide bonds. The second-order valence-corrected chi connectivity index (χ2v) is 5.73. The van der Waals surface area contributed by atoms with Crippen molar-refractivity contribution >= 4 is 17.5 Å². The lowest BCUT2D eigenvalue weighted by molar-refractivity contribution is -0.131. The molecule has 1 aliphatic rings. The maximum Gasteiger partial charge on any atom is 0.229 e. The Kier molecular flexibility index (Phi) is 3.96. The van der Waals surface area contributed by atoms with Gasteiger partial charge in [0.25, 0.3) is 0 Å². The molecule has 0 saturated carbocycles. The van der Waals surface area contributed by atoms with Crippen molar-refractivity contribution < 1.29 is 9.32 Å². The van der Waals surface area contributed by atoms with Crippen molar-refractivity contribution in [2.75, 3.05) is 13.1 Å². The summed E-state index contributed by atoms with van der Waals surface area (Å²) in [6, 6.07) is 1.97. The zero-order valence-electron chi connectivity index (χ0n) is 11.8. The summed E-state index contributed by atoms with van der Waals surface area (Å²) in [5.41, 5.74) is 2.45. The van der Waals surface area contributed by atoms with E-state index in [-0.39, 0.29) is 17.5 Å². The number of halogens is 1. The van der Waals surface area contributed by atoms with Gasteiger partial charge in [-0.15, -0.1) is 0 Å². The lowest BCUT2D eigenvalue weighted by atomic mass is 9.94. The summed E-state index contributed by atoms with van der Waals surface area (Å²) in [5.74, 6) is 0.386. The highest BCUT2D eigenvalue weighted by atomic mass is 35.5. The summed E-state index contributed by atoms with van der Waals surface area (Å²) >= 11 is 5.92. The summed E-state index contributed by atoms with van der Waals surface area (Å²) in [6.07, 6.45) is 4.05. The Hall–Kier alpha value is -1.82. The van der Waals surface area contributed by atoms with Gasteiger partial charge in [-0.05, 0) is 37.4 Å². The SMILES string of the molecule is Cc1noc(Cl)c1CC(=O)N1CCC[C@H](c2ccn[nH]2)C1. The summed E-state index contributed by atoms with van der Waals surface area (Å²) in [4.78, 5) is 14.3. The van der Waals surface area contributed by atoms with Gasteiger partial charge in [0, 0.05) is 36.5 Å². The van der Waals surface area contributed by atoms with Crippen LogP contribution in [-0.4, -0.2) is 39.3 Å². The van der Waals surface area contributed by atoms with Gasteiger partial charge in [-0.3, -0.25) is 9.89 Å². The summed E-state index contributed by atoms with van der Waals surface area (Å²) in [5, 5.41) is 11.0. The number of amides is 1. The van der Waals surface area contributed by atoms with Crippen LogP contribution in [0.25, 0.3) is 0 Å². The molecule has 1 N–H and O–H groups in total. The number of hydrogen-bond acceptors (Lipinski definition) is 4. The van der Waals surface area contributed by atoms with Gasteiger partial charge in [-0.2, -0.15) is 5.10 Å². The van der Waals surface area contributed by atoms with Crippen molar-refractivity contribution in [2.45, 2.75) is 32.1 Å². The van der Waals surface area contributed by atoms with E-state index < -0.39 is 0 Å². The number of aryl methyl sites for hydroxylation is 1. The number of carbonyl (C=O) groups is 1. The van der Waals surface area contributed by atoms with E-state index in [2.05, 4.69) is 15.4 Å². The predicted octanol–water partition coefficient (Wildman–Crippen LogP) is 2.31. The second-order valence-electron chi connectivity index (χ2n) is 5.39.